The zero-order chi connectivity index (χ0) is 17.5. The second-order valence-electron chi connectivity index (χ2n) is 5.95. The van der Waals surface area contributed by atoms with E-state index < -0.39 is 0 Å². The maximum atomic E-state index is 12.0. The van der Waals surface area contributed by atoms with Crippen LogP contribution in [0.25, 0.3) is 0 Å². The van der Waals surface area contributed by atoms with Crippen molar-refractivity contribution in [3.63, 3.8) is 0 Å². The first kappa shape index (κ1) is 17.3. The molecule has 1 saturated heterocycles. The zero-order valence-electron chi connectivity index (χ0n) is 14.3. The second kappa shape index (κ2) is 8.53. The van der Waals surface area contributed by atoms with Crippen LogP contribution in [0, 0.1) is 0 Å². The maximum Gasteiger partial charge on any atom is 0.262 e. The Labute approximate surface area is 146 Å². The molecule has 0 radical (unpaired) electrons. The molecule has 2 heterocycles. The first-order valence-corrected chi connectivity index (χ1v) is 8.44. The van der Waals surface area contributed by atoms with Crippen LogP contribution in [0.3, 0.4) is 0 Å². The normalized spacial score (nSPS) is 17.1. The lowest BCUT2D eigenvalue weighted by Crippen LogP contribution is -2.24. The van der Waals surface area contributed by atoms with Crippen LogP contribution in [0.4, 0.5) is 5.69 Å². The van der Waals surface area contributed by atoms with Crippen molar-refractivity contribution in [3.05, 3.63) is 36.7 Å². The number of methoxy groups -OCH3 is 1. The van der Waals surface area contributed by atoms with E-state index in [-0.39, 0.29) is 18.6 Å². The van der Waals surface area contributed by atoms with Crippen molar-refractivity contribution in [1.29, 1.82) is 0 Å². The molecule has 0 aliphatic carbocycles. The van der Waals surface area contributed by atoms with E-state index in [1.54, 1.807) is 42.3 Å². The second-order valence-corrected chi connectivity index (χ2v) is 5.95. The van der Waals surface area contributed by atoms with Crippen molar-refractivity contribution in [2.24, 2.45) is 0 Å². The van der Waals surface area contributed by atoms with Crippen LogP contribution in [-0.2, 0) is 16.1 Å². The summed E-state index contributed by atoms with van der Waals surface area (Å²) in [4.78, 5) is 12.0. The predicted molar refractivity (Wildman–Crippen MR) is 92.9 cm³/mol. The Morgan fingerprint density at radius 2 is 2.12 bits per heavy atom. The Balaban J connectivity index is 1.44. The summed E-state index contributed by atoms with van der Waals surface area (Å²) < 4.78 is 18.0. The number of hydrogen-bond acceptors (Lipinski definition) is 5. The lowest BCUT2D eigenvalue weighted by atomic mass is 10.1. The van der Waals surface area contributed by atoms with Crippen LogP contribution < -0.4 is 14.8 Å². The lowest BCUT2D eigenvalue weighted by molar-refractivity contribution is -0.118. The molecule has 1 unspecified atom stereocenters. The van der Waals surface area contributed by atoms with Gasteiger partial charge in [0, 0.05) is 12.8 Å². The van der Waals surface area contributed by atoms with E-state index in [1.165, 1.54) is 6.42 Å². The molecule has 0 bridgehead atoms. The average molecular weight is 345 g/mol. The fraction of sp³-hybridized carbons (Fsp3) is 0.444. The van der Waals surface area contributed by atoms with Gasteiger partial charge in [-0.3, -0.25) is 9.48 Å². The van der Waals surface area contributed by atoms with Gasteiger partial charge in [0.05, 0.1) is 31.6 Å². The van der Waals surface area contributed by atoms with Gasteiger partial charge < -0.3 is 19.5 Å². The van der Waals surface area contributed by atoms with Gasteiger partial charge in [-0.25, -0.2) is 0 Å². The Bertz CT molecular complexity index is 678. The van der Waals surface area contributed by atoms with Gasteiger partial charge in [0.2, 0.25) is 0 Å². The lowest BCUT2D eigenvalue weighted by Gasteiger charge is -2.22. The van der Waals surface area contributed by atoms with E-state index in [9.17, 15) is 4.79 Å². The van der Waals surface area contributed by atoms with Crippen molar-refractivity contribution in [2.75, 3.05) is 25.6 Å². The van der Waals surface area contributed by atoms with Gasteiger partial charge in [0.15, 0.2) is 6.61 Å². The smallest absolute Gasteiger partial charge is 0.262 e. The molecule has 134 valence electrons. The van der Waals surface area contributed by atoms with E-state index >= 15 is 0 Å². The van der Waals surface area contributed by atoms with Gasteiger partial charge in [-0.1, -0.05) is 0 Å². The number of nitrogens with one attached hydrogen (secondary N) is 1. The summed E-state index contributed by atoms with van der Waals surface area (Å²) in [5, 5.41) is 7.05. The number of benzene rings is 1. The van der Waals surface area contributed by atoms with Crippen molar-refractivity contribution < 1.29 is 19.0 Å². The minimum atomic E-state index is -0.232. The fourth-order valence-corrected chi connectivity index (χ4v) is 2.71. The van der Waals surface area contributed by atoms with E-state index in [4.69, 9.17) is 14.2 Å². The first-order chi connectivity index (χ1) is 12.2. The summed E-state index contributed by atoms with van der Waals surface area (Å²) in [6.45, 7) is 1.46. The van der Waals surface area contributed by atoms with Crippen LogP contribution in [0.15, 0.2) is 36.7 Å². The molecule has 1 aromatic heterocycles. The number of carbonyl (C=O) groups excluding carboxylic acids is 1. The number of carbonyl (C=O) groups is 1. The molecule has 1 aliphatic heterocycles. The molecule has 25 heavy (non-hydrogen) atoms. The third-order valence-corrected chi connectivity index (χ3v) is 4.01. The van der Waals surface area contributed by atoms with Crippen LogP contribution in [0.5, 0.6) is 11.5 Å². The fourth-order valence-electron chi connectivity index (χ4n) is 2.71. The molecule has 1 aromatic carbocycles. The van der Waals surface area contributed by atoms with Gasteiger partial charge in [-0.2, -0.15) is 5.10 Å². The summed E-state index contributed by atoms with van der Waals surface area (Å²) in [6.07, 6.45) is 7.02. The van der Waals surface area contributed by atoms with Crippen molar-refractivity contribution in [3.8, 4) is 11.5 Å². The highest BCUT2D eigenvalue weighted by Gasteiger charge is 2.15. The summed E-state index contributed by atoms with van der Waals surface area (Å²) in [5.74, 6) is 1.12. The van der Waals surface area contributed by atoms with Gasteiger partial charge in [0.25, 0.3) is 5.91 Å². The quantitative estimate of drug-likeness (QED) is 0.834. The Hall–Kier alpha value is -2.54. The highest BCUT2D eigenvalue weighted by molar-refractivity contribution is 5.91. The third-order valence-electron chi connectivity index (χ3n) is 4.01. The van der Waals surface area contributed by atoms with E-state index in [0.29, 0.717) is 18.0 Å². The number of nitrogens with zero attached hydrogens (tertiary/aromatic N) is 2. The molecule has 0 saturated carbocycles. The molecule has 7 heteroatoms. The molecule has 0 spiro atoms. The topological polar surface area (TPSA) is 74.6 Å². The molecule has 2 aromatic rings. The molecule has 1 fully saturated rings. The summed E-state index contributed by atoms with van der Waals surface area (Å²) >= 11 is 0. The Kier molecular flexibility index (Phi) is 5.90. The van der Waals surface area contributed by atoms with Crippen LogP contribution in [0.1, 0.15) is 19.3 Å². The average Bonchev–Trinajstić information content (AvgIpc) is 3.08. The van der Waals surface area contributed by atoms with Gasteiger partial charge in [-0.05, 0) is 43.5 Å². The Morgan fingerprint density at radius 1 is 1.32 bits per heavy atom. The minimum Gasteiger partial charge on any atom is -0.497 e. The van der Waals surface area contributed by atoms with E-state index in [2.05, 4.69) is 10.4 Å². The van der Waals surface area contributed by atoms with Crippen LogP contribution in [0.2, 0.25) is 0 Å². The molecule has 1 amide bonds. The Morgan fingerprint density at radius 3 is 2.84 bits per heavy atom. The number of hydrogen-bond donors (Lipinski definition) is 1. The highest BCUT2D eigenvalue weighted by Crippen LogP contribution is 2.17. The highest BCUT2D eigenvalue weighted by atomic mass is 16.5. The minimum absolute atomic E-state index is 0.0662. The number of ether oxygens (including phenoxy) is 3. The van der Waals surface area contributed by atoms with Crippen molar-refractivity contribution in [2.45, 2.75) is 31.9 Å². The SMILES string of the molecule is COc1ccc(OCC(=O)Nc2cnn(CC3CCCCO3)c2)cc1. The molecule has 3 rings (SSSR count). The predicted octanol–water partition coefficient (Wildman–Crippen LogP) is 2.48. The van der Waals surface area contributed by atoms with Gasteiger partial charge in [0.1, 0.15) is 11.5 Å². The summed E-state index contributed by atoms with van der Waals surface area (Å²) in [6, 6.07) is 7.08. The van der Waals surface area contributed by atoms with E-state index in [0.717, 1.165) is 25.2 Å². The number of amides is 1. The van der Waals surface area contributed by atoms with Crippen LogP contribution >= 0.6 is 0 Å². The standard InChI is InChI=1S/C18H23N3O4/c1-23-15-5-7-16(8-6-15)25-13-18(22)20-14-10-19-21(11-14)12-17-4-2-3-9-24-17/h5-8,10-11,17H,2-4,9,12-13H2,1H3,(H,20,22). The van der Waals surface area contributed by atoms with Gasteiger partial charge in [-0.15, -0.1) is 0 Å². The third kappa shape index (κ3) is 5.22. The molecule has 1 aliphatic rings. The number of aromatic nitrogens is 2. The molecular weight excluding hydrogens is 322 g/mol. The maximum absolute atomic E-state index is 12.0. The van der Waals surface area contributed by atoms with Crippen LogP contribution in [-0.4, -0.2) is 42.1 Å². The number of rotatable bonds is 7. The van der Waals surface area contributed by atoms with Crippen molar-refractivity contribution in [1.82, 2.24) is 9.78 Å². The molecule has 7 nitrogen and oxygen atoms in total. The van der Waals surface area contributed by atoms with Gasteiger partial charge >= 0.3 is 0 Å². The molecular formula is C18H23N3O4. The molecule has 1 N–H and O–H groups in total. The first-order valence-electron chi connectivity index (χ1n) is 8.44. The largest absolute Gasteiger partial charge is 0.497 e. The van der Waals surface area contributed by atoms with E-state index in [1.807, 2.05) is 6.20 Å². The molecule has 1 atom stereocenters. The summed E-state index contributed by atoms with van der Waals surface area (Å²) in [7, 11) is 1.60. The van der Waals surface area contributed by atoms with Crippen molar-refractivity contribution >= 4 is 11.6 Å². The summed E-state index contributed by atoms with van der Waals surface area (Å²) in [5.41, 5.74) is 0.652. The zero-order valence-corrected chi connectivity index (χ0v) is 14.3. The number of anilines is 1. The monoisotopic (exact) mass is 345 g/mol.